The van der Waals surface area contributed by atoms with Crippen molar-refractivity contribution < 1.29 is 32.3 Å². The summed E-state index contributed by atoms with van der Waals surface area (Å²) in [7, 11) is -3.23. The zero-order valence-corrected chi connectivity index (χ0v) is 25.5. The summed E-state index contributed by atoms with van der Waals surface area (Å²) in [6.07, 6.45) is 0. The number of fused-ring (bicyclic) bond motifs is 2. The molecule has 6 rings (SSSR count). The maximum Gasteiger partial charge on any atom is 0.461 e. The molecule has 1 amide bonds. The van der Waals surface area contributed by atoms with E-state index in [1.807, 2.05) is 0 Å². The van der Waals surface area contributed by atoms with Crippen LogP contribution < -0.4 is 19.3 Å². The lowest BCUT2D eigenvalue weighted by atomic mass is 9.69. The molecule has 0 radical (unpaired) electrons. The number of esters is 1. The lowest BCUT2D eigenvalue weighted by molar-refractivity contribution is -0.153. The van der Waals surface area contributed by atoms with E-state index in [1.165, 1.54) is 30.1 Å². The molecule has 8 nitrogen and oxygen atoms in total. The SMILES string of the molecule is CCOC(=O)[C@H]1[C@]2(C(=O)N(C)c3ccc(F)cc32)C(=S)N[C@]1(c1ccccc1)P(=O)(Oc1ccccc1)Oc1ccccc1. The number of nitrogens with zero attached hydrogens (tertiary/aromatic N) is 1. The number of benzene rings is 4. The Morgan fingerprint density at radius 2 is 1.48 bits per heavy atom. The van der Waals surface area contributed by atoms with Gasteiger partial charge in [-0.2, -0.15) is 0 Å². The molecule has 0 aliphatic carbocycles. The summed E-state index contributed by atoms with van der Waals surface area (Å²) < 4.78 is 49.1. The highest BCUT2D eigenvalue weighted by molar-refractivity contribution is 7.80. The molecule has 44 heavy (non-hydrogen) atoms. The Kier molecular flexibility index (Phi) is 7.51. The van der Waals surface area contributed by atoms with Crippen LogP contribution in [0.1, 0.15) is 18.1 Å². The van der Waals surface area contributed by atoms with Gasteiger partial charge in [0.15, 0.2) is 0 Å². The number of rotatable bonds is 8. The monoisotopic (exact) mass is 630 g/mol. The van der Waals surface area contributed by atoms with E-state index in [9.17, 15) is 14.0 Å². The normalized spacial score (nSPS) is 22.4. The second kappa shape index (κ2) is 11.2. The van der Waals surface area contributed by atoms with Gasteiger partial charge in [0.2, 0.25) is 11.2 Å². The highest BCUT2D eigenvalue weighted by Gasteiger charge is 2.79. The fourth-order valence-electron chi connectivity index (χ4n) is 6.18. The third-order valence-corrected chi connectivity index (χ3v) is 10.8. The smallest absolute Gasteiger partial charge is 0.461 e. The summed E-state index contributed by atoms with van der Waals surface area (Å²) in [6, 6.07) is 29.0. The number of carbonyl (C=O) groups excluding carboxylic acids is 2. The molecule has 0 saturated carbocycles. The van der Waals surface area contributed by atoms with Crippen LogP contribution in [0.25, 0.3) is 0 Å². The van der Waals surface area contributed by atoms with Crippen LogP contribution in [-0.2, 0) is 29.6 Å². The van der Waals surface area contributed by atoms with Crippen LogP contribution >= 0.6 is 19.8 Å². The molecular formula is C33H28FN2O6PS. The van der Waals surface area contributed by atoms with Gasteiger partial charge in [0.1, 0.15) is 28.6 Å². The summed E-state index contributed by atoms with van der Waals surface area (Å²) >= 11 is 5.95. The van der Waals surface area contributed by atoms with Gasteiger partial charge in [-0.15, -0.1) is 0 Å². The molecule has 4 aromatic carbocycles. The van der Waals surface area contributed by atoms with Crippen molar-refractivity contribution in [2.24, 2.45) is 5.92 Å². The molecule has 3 atom stereocenters. The van der Waals surface area contributed by atoms with Crippen LogP contribution in [0.2, 0.25) is 0 Å². The highest BCUT2D eigenvalue weighted by Crippen LogP contribution is 2.72. The van der Waals surface area contributed by atoms with Gasteiger partial charge in [0.25, 0.3) is 0 Å². The van der Waals surface area contributed by atoms with Crippen molar-refractivity contribution >= 4 is 42.4 Å². The van der Waals surface area contributed by atoms with Crippen LogP contribution in [0.15, 0.2) is 109 Å². The Morgan fingerprint density at radius 3 is 2.02 bits per heavy atom. The Morgan fingerprint density at radius 1 is 0.932 bits per heavy atom. The summed E-state index contributed by atoms with van der Waals surface area (Å²) in [5.41, 5.74) is -1.24. The van der Waals surface area contributed by atoms with Gasteiger partial charge in [-0.3, -0.25) is 9.59 Å². The Bertz CT molecular complexity index is 1750. The van der Waals surface area contributed by atoms with Crippen molar-refractivity contribution in [3.05, 3.63) is 126 Å². The number of amides is 1. The fraction of sp³-hybridized carbons (Fsp3) is 0.182. The Hall–Kier alpha value is -4.53. The summed E-state index contributed by atoms with van der Waals surface area (Å²) in [5.74, 6) is -3.45. The first-order chi connectivity index (χ1) is 21.2. The molecule has 2 aliphatic heterocycles. The van der Waals surface area contributed by atoms with E-state index in [0.29, 0.717) is 5.69 Å². The van der Waals surface area contributed by atoms with Crippen molar-refractivity contribution in [3.63, 3.8) is 0 Å². The fourth-order valence-corrected chi connectivity index (χ4v) is 9.19. The summed E-state index contributed by atoms with van der Waals surface area (Å²) in [5, 5.41) is 1.01. The van der Waals surface area contributed by atoms with Crippen LogP contribution in [0.4, 0.5) is 10.1 Å². The van der Waals surface area contributed by atoms with Crippen molar-refractivity contribution in [2.75, 3.05) is 18.6 Å². The predicted octanol–water partition coefficient (Wildman–Crippen LogP) is 6.35. The lowest BCUT2D eigenvalue weighted by Crippen LogP contribution is -2.54. The zero-order chi connectivity index (χ0) is 31.1. The molecule has 0 aromatic heterocycles. The largest absolute Gasteiger partial charge is 0.466 e. The number of hydrogen-bond donors (Lipinski definition) is 1. The molecule has 1 spiro atoms. The molecule has 1 N–H and O–H groups in total. The minimum absolute atomic E-state index is 0.0630. The standard InChI is InChI=1S/C33H28FN2O6PS/c1-3-40-29(37)28-32(26-21-23(34)19-20-27(26)36(2)31(32)38)30(44)35-33(28,22-13-7-4-8-14-22)43(39,41-24-15-9-5-10-16-24)42-25-17-11-6-12-18-25/h4-21,28H,3H2,1-2H3,(H,35,44)/t28-,32-,33+/m0/s1. The number of carbonyl (C=O) groups is 2. The maximum atomic E-state index is 15.9. The highest BCUT2D eigenvalue weighted by atomic mass is 32.1. The third kappa shape index (κ3) is 4.31. The molecule has 4 aromatic rings. The van der Waals surface area contributed by atoms with E-state index in [2.05, 4.69) is 5.32 Å². The first-order valence-corrected chi connectivity index (χ1v) is 15.9. The van der Waals surface area contributed by atoms with Gasteiger partial charge >= 0.3 is 13.6 Å². The molecule has 2 heterocycles. The number of ether oxygens (including phenoxy) is 1. The summed E-state index contributed by atoms with van der Waals surface area (Å²) in [4.78, 5) is 30.1. The second-order valence-electron chi connectivity index (χ2n) is 10.4. The van der Waals surface area contributed by atoms with E-state index in [4.69, 9.17) is 26.0 Å². The third-order valence-electron chi connectivity index (χ3n) is 8.01. The molecule has 0 unspecified atom stereocenters. The molecular weight excluding hydrogens is 602 g/mol. The number of halogens is 1. The number of nitrogens with one attached hydrogen (secondary N) is 1. The van der Waals surface area contributed by atoms with Crippen molar-refractivity contribution in [2.45, 2.75) is 17.6 Å². The van der Waals surface area contributed by atoms with E-state index >= 15 is 4.57 Å². The molecule has 1 saturated heterocycles. The van der Waals surface area contributed by atoms with E-state index in [1.54, 1.807) is 97.9 Å². The first-order valence-electron chi connectivity index (χ1n) is 13.9. The number of likely N-dealkylation sites (N-methyl/N-ethyl adjacent to an activating group) is 1. The van der Waals surface area contributed by atoms with Gasteiger partial charge in [0.05, 0.1) is 11.6 Å². The van der Waals surface area contributed by atoms with Crippen LogP contribution in [0.5, 0.6) is 11.5 Å². The van der Waals surface area contributed by atoms with Gasteiger partial charge < -0.3 is 24.0 Å². The van der Waals surface area contributed by atoms with Crippen molar-refractivity contribution in [1.82, 2.24) is 5.32 Å². The average molecular weight is 631 g/mol. The Labute approximate surface area is 259 Å². The maximum absolute atomic E-state index is 15.9. The lowest BCUT2D eigenvalue weighted by Gasteiger charge is -2.41. The summed E-state index contributed by atoms with van der Waals surface area (Å²) in [6.45, 7) is 1.55. The van der Waals surface area contributed by atoms with E-state index in [0.717, 1.165) is 0 Å². The minimum Gasteiger partial charge on any atom is -0.466 e. The van der Waals surface area contributed by atoms with Crippen LogP contribution in [0.3, 0.4) is 0 Å². The number of thiocarbonyl (C=S) groups is 1. The molecule has 11 heteroatoms. The molecule has 2 aliphatic rings. The minimum atomic E-state index is -4.75. The van der Waals surface area contributed by atoms with Crippen LogP contribution in [0, 0.1) is 11.7 Å². The quantitative estimate of drug-likeness (QED) is 0.137. The van der Waals surface area contributed by atoms with Gasteiger partial charge in [-0.05, 0) is 55.0 Å². The second-order valence-corrected chi connectivity index (χ2v) is 12.9. The van der Waals surface area contributed by atoms with Gasteiger partial charge in [0, 0.05) is 18.3 Å². The van der Waals surface area contributed by atoms with Crippen LogP contribution in [-0.4, -0.2) is 30.5 Å². The average Bonchev–Trinajstić information content (AvgIpc) is 3.43. The Balaban J connectivity index is 1.72. The van der Waals surface area contributed by atoms with Gasteiger partial charge in [-0.1, -0.05) is 78.9 Å². The zero-order valence-electron chi connectivity index (χ0n) is 23.8. The topological polar surface area (TPSA) is 94.2 Å². The number of para-hydroxylation sites is 2. The van der Waals surface area contributed by atoms with E-state index < -0.39 is 41.9 Å². The van der Waals surface area contributed by atoms with Crippen molar-refractivity contribution in [3.8, 4) is 11.5 Å². The molecule has 1 fully saturated rings. The van der Waals surface area contributed by atoms with Gasteiger partial charge in [-0.25, -0.2) is 8.96 Å². The molecule has 224 valence electrons. The number of anilines is 1. The van der Waals surface area contributed by atoms with E-state index in [-0.39, 0.29) is 34.2 Å². The number of hydrogen-bond acceptors (Lipinski definition) is 7. The molecule has 0 bridgehead atoms. The first kappa shape index (κ1) is 29.5. The van der Waals surface area contributed by atoms with Crippen molar-refractivity contribution in [1.29, 1.82) is 0 Å². The predicted molar refractivity (Wildman–Crippen MR) is 167 cm³/mol.